The predicted molar refractivity (Wildman–Crippen MR) is 82.8 cm³/mol. The highest BCUT2D eigenvalue weighted by Crippen LogP contribution is 2.04. The molecule has 0 heterocycles. The van der Waals surface area contributed by atoms with Crippen LogP contribution in [0.15, 0.2) is 24.3 Å². The molecule has 1 rings (SSSR count). The summed E-state index contributed by atoms with van der Waals surface area (Å²) in [6.45, 7) is 2.60. The first-order valence-corrected chi connectivity index (χ1v) is 7.78. The third kappa shape index (κ3) is 8.39. The number of ether oxygens (including phenoxy) is 1. The molecule has 0 atom stereocenters. The standard InChI is InChI=1S/C17H24FNO3/c1-2-3-4-5-6-16(20)19-11-12-22-17(21)13-14-7-9-15(18)10-8-14/h7-10H,2-6,11-13H2,1H3,(H,19,20). The summed E-state index contributed by atoms with van der Waals surface area (Å²) < 4.78 is 17.7. The van der Waals surface area contributed by atoms with Gasteiger partial charge in [0.2, 0.25) is 5.91 Å². The number of unbranched alkanes of at least 4 members (excludes halogenated alkanes) is 3. The van der Waals surface area contributed by atoms with Crippen LogP contribution >= 0.6 is 0 Å². The highest BCUT2D eigenvalue weighted by atomic mass is 19.1. The van der Waals surface area contributed by atoms with Crippen LogP contribution in [0.4, 0.5) is 4.39 Å². The topological polar surface area (TPSA) is 55.4 Å². The van der Waals surface area contributed by atoms with E-state index in [1.165, 1.54) is 12.1 Å². The fraction of sp³-hybridized carbons (Fsp3) is 0.529. The molecule has 0 unspecified atom stereocenters. The van der Waals surface area contributed by atoms with Crippen LogP contribution in [0.3, 0.4) is 0 Å². The van der Waals surface area contributed by atoms with Gasteiger partial charge in [0, 0.05) is 6.42 Å². The molecule has 1 amide bonds. The second-order valence-electron chi connectivity index (χ2n) is 5.18. The van der Waals surface area contributed by atoms with Crippen molar-refractivity contribution >= 4 is 11.9 Å². The van der Waals surface area contributed by atoms with Crippen LogP contribution in [0.2, 0.25) is 0 Å². The summed E-state index contributed by atoms with van der Waals surface area (Å²) in [5.41, 5.74) is 0.700. The van der Waals surface area contributed by atoms with E-state index in [0.717, 1.165) is 25.7 Å². The lowest BCUT2D eigenvalue weighted by molar-refractivity contribution is -0.143. The maximum Gasteiger partial charge on any atom is 0.310 e. The van der Waals surface area contributed by atoms with E-state index in [0.29, 0.717) is 18.5 Å². The maximum atomic E-state index is 12.7. The van der Waals surface area contributed by atoms with Gasteiger partial charge in [-0.15, -0.1) is 0 Å². The summed E-state index contributed by atoms with van der Waals surface area (Å²) in [6, 6.07) is 5.71. The zero-order valence-electron chi connectivity index (χ0n) is 13.1. The third-order valence-corrected chi connectivity index (χ3v) is 3.21. The van der Waals surface area contributed by atoms with Crippen molar-refractivity contribution in [3.8, 4) is 0 Å². The van der Waals surface area contributed by atoms with Crippen molar-refractivity contribution in [2.75, 3.05) is 13.2 Å². The molecule has 0 aromatic heterocycles. The van der Waals surface area contributed by atoms with Crippen LogP contribution in [-0.2, 0) is 20.7 Å². The molecule has 0 aliphatic heterocycles. The second-order valence-corrected chi connectivity index (χ2v) is 5.18. The summed E-state index contributed by atoms with van der Waals surface area (Å²) in [6.07, 6.45) is 4.87. The van der Waals surface area contributed by atoms with Gasteiger partial charge >= 0.3 is 5.97 Å². The lowest BCUT2D eigenvalue weighted by Crippen LogP contribution is -2.28. The van der Waals surface area contributed by atoms with Crippen molar-refractivity contribution in [1.29, 1.82) is 0 Å². The van der Waals surface area contributed by atoms with Crippen molar-refractivity contribution in [3.05, 3.63) is 35.6 Å². The van der Waals surface area contributed by atoms with Gasteiger partial charge in [-0.1, -0.05) is 38.3 Å². The third-order valence-electron chi connectivity index (χ3n) is 3.21. The van der Waals surface area contributed by atoms with Gasteiger partial charge in [0.25, 0.3) is 0 Å². The fourth-order valence-corrected chi connectivity index (χ4v) is 1.98. The van der Waals surface area contributed by atoms with E-state index >= 15 is 0 Å². The van der Waals surface area contributed by atoms with Crippen LogP contribution in [0.5, 0.6) is 0 Å². The Labute approximate surface area is 131 Å². The Kier molecular flexibility index (Phi) is 8.88. The molecule has 4 nitrogen and oxygen atoms in total. The number of nitrogens with one attached hydrogen (secondary N) is 1. The van der Waals surface area contributed by atoms with E-state index < -0.39 is 0 Å². The highest BCUT2D eigenvalue weighted by molar-refractivity contribution is 5.76. The molecule has 0 aliphatic carbocycles. The molecule has 1 N–H and O–H groups in total. The molecular formula is C17H24FNO3. The Morgan fingerprint density at radius 1 is 1.14 bits per heavy atom. The average molecular weight is 309 g/mol. The summed E-state index contributed by atoms with van der Waals surface area (Å²) in [4.78, 5) is 23.0. The molecule has 0 saturated heterocycles. The Bertz CT molecular complexity index is 459. The maximum absolute atomic E-state index is 12.7. The van der Waals surface area contributed by atoms with E-state index in [1.54, 1.807) is 12.1 Å². The van der Waals surface area contributed by atoms with Crippen LogP contribution in [-0.4, -0.2) is 25.0 Å². The number of benzene rings is 1. The molecule has 22 heavy (non-hydrogen) atoms. The smallest absolute Gasteiger partial charge is 0.310 e. The van der Waals surface area contributed by atoms with Crippen LogP contribution in [0.25, 0.3) is 0 Å². The van der Waals surface area contributed by atoms with Crippen molar-refractivity contribution in [2.45, 2.75) is 45.4 Å². The predicted octanol–water partition coefficient (Wildman–Crippen LogP) is 3.00. The first kappa shape index (κ1) is 18.1. The molecule has 1 aromatic carbocycles. The molecule has 0 fully saturated rings. The number of hydrogen-bond donors (Lipinski definition) is 1. The molecule has 0 radical (unpaired) electrons. The summed E-state index contributed by atoms with van der Waals surface area (Å²) in [5, 5.41) is 2.72. The van der Waals surface area contributed by atoms with Gasteiger partial charge in [0.15, 0.2) is 0 Å². The lowest BCUT2D eigenvalue weighted by atomic mass is 10.1. The molecule has 122 valence electrons. The molecule has 0 spiro atoms. The van der Waals surface area contributed by atoms with Crippen molar-refractivity contribution in [2.24, 2.45) is 0 Å². The number of halogens is 1. The number of hydrogen-bond acceptors (Lipinski definition) is 3. The SMILES string of the molecule is CCCCCCC(=O)NCCOC(=O)Cc1ccc(F)cc1. The fourth-order valence-electron chi connectivity index (χ4n) is 1.98. The van der Waals surface area contributed by atoms with Gasteiger partial charge in [-0.05, 0) is 24.1 Å². The molecule has 0 aliphatic rings. The van der Waals surface area contributed by atoms with Crippen LogP contribution in [0, 0.1) is 5.82 Å². The van der Waals surface area contributed by atoms with Gasteiger partial charge in [-0.3, -0.25) is 9.59 Å². The quantitative estimate of drug-likeness (QED) is 0.534. The molecule has 0 saturated carbocycles. The summed E-state index contributed by atoms with van der Waals surface area (Å²) in [7, 11) is 0. The number of rotatable bonds is 10. The van der Waals surface area contributed by atoms with E-state index in [1.807, 2.05) is 0 Å². The van der Waals surface area contributed by atoms with Crippen LogP contribution in [0.1, 0.15) is 44.6 Å². The molecule has 0 bridgehead atoms. The summed E-state index contributed by atoms with van der Waals surface area (Å²) >= 11 is 0. The Hall–Kier alpha value is -1.91. The lowest BCUT2D eigenvalue weighted by Gasteiger charge is -2.07. The average Bonchev–Trinajstić information content (AvgIpc) is 2.50. The first-order chi connectivity index (χ1) is 10.6. The number of esters is 1. The van der Waals surface area contributed by atoms with E-state index in [4.69, 9.17) is 4.74 Å². The highest BCUT2D eigenvalue weighted by Gasteiger charge is 2.06. The normalized spacial score (nSPS) is 10.3. The zero-order chi connectivity index (χ0) is 16.2. The zero-order valence-corrected chi connectivity index (χ0v) is 13.1. The minimum absolute atomic E-state index is 0.00862. The Balaban J connectivity index is 2.07. The van der Waals surface area contributed by atoms with Crippen molar-refractivity contribution < 1.29 is 18.7 Å². The Morgan fingerprint density at radius 2 is 1.86 bits per heavy atom. The van der Waals surface area contributed by atoms with Gasteiger partial charge in [-0.2, -0.15) is 0 Å². The van der Waals surface area contributed by atoms with Crippen molar-refractivity contribution in [1.82, 2.24) is 5.32 Å². The van der Waals surface area contributed by atoms with E-state index in [-0.39, 0.29) is 30.7 Å². The number of carbonyl (C=O) groups is 2. The van der Waals surface area contributed by atoms with Gasteiger partial charge < -0.3 is 10.1 Å². The summed E-state index contributed by atoms with van der Waals surface area (Å²) in [5.74, 6) is -0.728. The monoisotopic (exact) mass is 309 g/mol. The Morgan fingerprint density at radius 3 is 2.55 bits per heavy atom. The van der Waals surface area contributed by atoms with Gasteiger partial charge in [-0.25, -0.2) is 4.39 Å². The molecule has 5 heteroatoms. The number of amides is 1. The molecular weight excluding hydrogens is 285 g/mol. The molecule has 1 aromatic rings. The van der Waals surface area contributed by atoms with Crippen LogP contribution < -0.4 is 5.32 Å². The van der Waals surface area contributed by atoms with Gasteiger partial charge in [0.05, 0.1) is 13.0 Å². The van der Waals surface area contributed by atoms with Crippen molar-refractivity contribution in [3.63, 3.8) is 0 Å². The first-order valence-electron chi connectivity index (χ1n) is 7.78. The number of carbonyl (C=O) groups excluding carboxylic acids is 2. The second kappa shape index (κ2) is 10.8. The van der Waals surface area contributed by atoms with Gasteiger partial charge in [0.1, 0.15) is 12.4 Å². The minimum atomic E-state index is -0.385. The van der Waals surface area contributed by atoms with E-state index in [2.05, 4.69) is 12.2 Å². The van der Waals surface area contributed by atoms with E-state index in [9.17, 15) is 14.0 Å². The minimum Gasteiger partial charge on any atom is -0.464 e. The largest absolute Gasteiger partial charge is 0.464 e.